The van der Waals surface area contributed by atoms with Crippen LogP contribution in [0.5, 0.6) is 5.75 Å². The third kappa shape index (κ3) is 5.48. The van der Waals surface area contributed by atoms with Crippen LogP contribution in [0.25, 0.3) is 0 Å². The first-order valence-electron chi connectivity index (χ1n) is 10.7. The summed E-state index contributed by atoms with van der Waals surface area (Å²) in [5.41, 5.74) is 4.02. The molecule has 32 heavy (non-hydrogen) atoms. The van der Waals surface area contributed by atoms with E-state index < -0.39 is 0 Å². The number of carbonyl (C=O) groups is 2. The van der Waals surface area contributed by atoms with Crippen LogP contribution in [0.2, 0.25) is 0 Å². The van der Waals surface area contributed by atoms with Gasteiger partial charge >= 0.3 is 0 Å². The number of rotatable bonds is 6. The van der Waals surface area contributed by atoms with Crippen molar-refractivity contribution in [3.63, 3.8) is 0 Å². The summed E-state index contributed by atoms with van der Waals surface area (Å²) in [5.74, 6) is 0.614. The monoisotopic (exact) mass is 449 g/mol. The van der Waals surface area contributed by atoms with E-state index in [1.807, 2.05) is 72.7 Å². The van der Waals surface area contributed by atoms with Crippen molar-refractivity contribution in [1.82, 2.24) is 4.90 Å². The lowest BCUT2D eigenvalue weighted by Gasteiger charge is -2.36. The third-order valence-corrected chi connectivity index (χ3v) is 6.24. The Morgan fingerprint density at radius 3 is 2.28 bits per heavy atom. The van der Waals surface area contributed by atoms with Crippen LogP contribution in [0.3, 0.4) is 0 Å². The highest BCUT2D eigenvalue weighted by atomic mass is 32.1. The normalized spacial score (nSPS) is 13.7. The second kappa shape index (κ2) is 9.87. The summed E-state index contributed by atoms with van der Waals surface area (Å²) in [6, 6.07) is 17.5. The first-order chi connectivity index (χ1) is 15.5. The molecule has 1 aliphatic rings. The van der Waals surface area contributed by atoms with Crippen molar-refractivity contribution in [2.24, 2.45) is 0 Å². The van der Waals surface area contributed by atoms with Crippen molar-refractivity contribution >= 4 is 34.5 Å². The second-order valence-corrected chi connectivity index (χ2v) is 8.91. The van der Waals surface area contributed by atoms with Gasteiger partial charge in [0.2, 0.25) is 0 Å². The number of piperazine rings is 1. The maximum absolute atomic E-state index is 12.5. The molecule has 1 saturated heterocycles. The summed E-state index contributed by atoms with van der Waals surface area (Å²) in [6.07, 6.45) is 0. The molecule has 6 nitrogen and oxygen atoms in total. The van der Waals surface area contributed by atoms with Crippen molar-refractivity contribution in [2.45, 2.75) is 13.8 Å². The van der Waals surface area contributed by atoms with Gasteiger partial charge in [0, 0.05) is 37.6 Å². The summed E-state index contributed by atoms with van der Waals surface area (Å²) in [6.45, 7) is 6.94. The van der Waals surface area contributed by atoms with Gasteiger partial charge in [-0.2, -0.15) is 0 Å². The molecule has 0 aliphatic carbocycles. The Balaban J connectivity index is 1.26. The van der Waals surface area contributed by atoms with E-state index in [9.17, 15) is 9.59 Å². The highest BCUT2D eigenvalue weighted by Crippen LogP contribution is 2.21. The maximum atomic E-state index is 12.5. The zero-order valence-electron chi connectivity index (χ0n) is 18.3. The van der Waals surface area contributed by atoms with E-state index in [0.717, 1.165) is 40.5 Å². The van der Waals surface area contributed by atoms with Crippen LogP contribution in [0.15, 0.2) is 60.0 Å². The van der Waals surface area contributed by atoms with Gasteiger partial charge in [0.25, 0.3) is 11.8 Å². The van der Waals surface area contributed by atoms with Gasteiger partial charge in [-0.1, -0.05) is 12.1 Å². The van der Waals surface area contributed by atoms with Crippen LogP contribution >= 0.6 is 11.3 Å². The second-order valence-electron chi connectivity index (χ2n) is 7.96. The molecule has 0 atom stereocenters. The lowest BCUT2D eigenvalue weighted by molar-refractivity contribution is -0.118. The van der Waals surface area contributed by atoms with Crippen LogP contribution in [0, 0.1) is 13.8 Å². The lowest BCUT2D eigenvalue weighted by atomic mass is 10.1. The fraction of sp³-hybridized carbons (Fsp3) is 0.280. The largest absolute Gasteiger partial charge is 0.484 e. The number of hydrogen-bond donors (Lipinski definition) is 1. The molecular formula is C25H27N3O3S. The standard InChI is InChI=1S/C25H27N3O3S/c1-18-14-19(2)16-22(15-18)31-17-24(29)26-20-5-7-21(8-6-20)27-9-11-28(12-10-27)25(30)23-4-3-13-32-23/h3-8,13-16H,9-12,17H2,1-2H3,(H,26,29). The lowest BCUT2D eigenvalue weighted by Crippen LogP contribution is -2.48. The number of aryl methyl sites for hydroxylation is 2. The predicted octanol–water partition coefficient (Wildman–Crippen LogP) is 4.34. The number of benzene rings is 2. The SMILES string of the molecule is Cc1cc(C)cc(OCC(=O)Nc2ccc(N3CCN(C(=O)c4cccs4)CC3)cc2)c1. The molecule has 166 valence electrons. The van der Waals surface area contributed by atoms with Crippen molar-refractivity contribution in [2.75, 3.05) is 43.0 Å². The molecule has 2 aromatic carbocycles. The summed E-state index contributed by atoms with van der Waals surface area (Å²) in [5, 5.41) is 4.80. The number of amides is 2. The van der Waals surface area contributed by atoms with Crippen LogP contribution in [-0.4, -0.2) is 49.5 Å². The van der Waals surface area contributed by atoms with Gasteiger partial charge in [-0.15, -0.1) is 11.3 Å². The summed E-state index contributed by atoms with van der Waals surface area (Å²) < 4.78 is 5.62. The highest BCUT2D eigenvalue weighted by molar-refractivity contribution is 7.12. The van der Waals surface area contributed by atoms with Gasteiger partial charge in [0.15, 0.2) is 6.61 Å². The molecular weight excluding hydrogens is 422 g/mol. The molecule has 1 N–H and O–H groups in total. The number of hydrogen-bond acceptors (Lipinski definition) is 5. The molecule has 0 spiro atoms. The van der Waals surface area contributed by atoms with E-state index in [1.165, 1.54) is 11.3 Å². The van der Waals surface area contributed by atoms with E-state index in [2.05, 4.69) is 16.3 Å². The van der Waals surface area contributed by atoms with Gasteiger partial charge in [-0.25, -0.2) is 0 Å². The molecule has 4 rings (SSSR count). The Kier molecular flexibility index (Phi) is 6.75. The third-order valence-electron chi connectivity index (χ3n) is 5.38. The number of anilines is 2. The average molecular weight is 450 g/mol. The van der Waals surface area contributed by atoms with Crippen LogP contribution in [0.1, 0.15) is 20.8 Å². The minimum absolute atomic E-state index is 0.0368. The molecule has 1 aromatic heterocycles. The topological polar surface area (TPSA) is 61.9 Å². The average Bonchev–Trinajstić information content (AvgIpc) is 3.32. The zero-order chi connectivity index (χ0) is 22.5. The quantitative estimate of drug-likeness (QED) is 0.608. The molecule has 0 unspecified atom stereocenters. The van der Waals surface area contributed by atoms with E-state index >= 15 is 0 Å². The first kappa shape index (κ1) is 21.9. The zero-order valence-corrected chi connectivity index (χ0v) is 19.2. The van der Waals surface area contributed by atoms with Crippen LogP contribution < -0.4 is 15.0 Å². The predicted molar refractivity (Wildman–Crippen MR) is 129 cm³/mol. The van der Waals surface area contributed by atoms with Gasteiger partial charge in [0.1, 0.15) is 5.75 Å². The van der Waals surface area contributed by atoms with Crippen LogP contribution in [-0.2, 0) is 4.79 Å². The molecule has 2 heterocycles. The Labute approximate surface area is 192 Å². The molecule has 2 amide bonds. The number of thiophene rings is 1. The van der Waals surface area contributed by atoms with Gasteiger partial charge < -0.3 is 19.9 Å². The molecule has 3 aromatic rings. The maximum Gasteiger partial charge on any atom is 0.264 e. The van der Waals surface area contributed by atoms with Crippen molar-refractivity contribution in [3.8, 4) is 5.75 Å². The van der Waals surface area contributed by atoms with Crippen molar-refractivity contribution in [3.05, 3.63) is 76.0 Å². The highest BCUT2D eigenvalue weighted by Gasteiger charge is 2.22. The minimum Gasteiger partial charge on any atom is -0.484 e. The number of ether oxygens (including phenoxy) is 1. The van der Waals surface area contributed by atoms with E-state index in [1.54, 1.807) is 0 Å². The number of nitrogens with zero attached hydrogens (tertiary/aromatic N) is 2. The minimum atomic E-state index is -0.197. The molecule has 0 saturated carbocycles. The van der Waals surface area contributed by atoms with Crippen molar-refractivity contribution < 1.29 is 14.3 Å². The summed E-state index contributed by atoms with van der Waals surface area (Å²) in [7, 11) is 0. The Hall–Kier alpha value is -3.32. The summed E-state index contributed by atoms with van der Waals surface area (Å²) in [4.78, 5) is 29.7. The van der Waals surface area contributed by atoms with Gasteiger partial charge in [-0.3, -0.25) is 9.59 Å². The Morgan fingerprint density at radius 1 is 0.969 bits per heavy atom. The molecule has 7 heteroatoms. The smallest absolute Gasteiger partial charge is 0.264 e. The van der Waals surface area contributed by atoms with Gasteiger partial charge in [-0.05, 0) is 72.8 Å². The molecule has 1 fully saturated rings. The molecule has 0 bridgehead atoms. The van der Waals surface area contributed by atoms with E-state index in [-0.39, 0.29) is 18.4 Å². The summed E-state index contributed by atoms with van der Waals surface area (Å²) >= 11 is 1.48. The van der Waals surface area contributed by atoms with E-state index in [0.29, 0.717) is 18.8 Å². The Morgan fingerprint density at radius 2 is 1.66 bits per heavy atom. The molecule has 1 aliphatic heterocycles. The van der Waals surface area contributed by atoms with E-state index in [4.69, 9.17) is 4.74 Å². The fourth-order valence-electron chi connectivity index (χ4n) is 3.84. The van der Waals surface area contributed by atoms with Gasteiger partial charge in [0.05, 0.1) is 4.88 Å². The Bertz CT molecular complexity index is 1050. The fourth-order valence-corrected chi connectivity index (χ4v) is 4.53. The van der Waals surface area contributed by atoms with Crippen LogP contribution in [0.4, 0.5) is 11.4 Å². The molecule has 0 radical (unpaired) electrons. The van der Waals surface area contributed by atoms with Crippen molar-refractivity contribution in [1.29, 1.82) is 0 Å². The first-order valence-corrected chi connectivity index (χ1v) is 11.5. The number of carbonyl (C=O) groups excluding carboxylic acids is 2. The number of nitrogens with one attached hydrogen (secondary N) is 1.